The minimum absolute atomic E-state index is 0.00583. The molecule has 0 unspecified atom stereocenters. The summed E-state index contributed by atoms with van der Waals surface area (Å²) >= 11 is 2.69. The van der Waals surface area contributed by atoms with Gasteiger partial charge in [-0.25, -0.2) is 17.7 Å². The SMILES string of the molecule is Cn1c(SCCN2C(=O)c3ccccc3S2(=O)=O)nc2sc(-c3ccccc3)cc2c1=O. The molecule has 0 fully saturated rings. The summed E-state index contributed by atoms with van der Waals surface area (Å²) in [7, 11) is -2.20. The van der Waals surface area contributed by atoms with E-state index in [1.54, 1.807) is 19.2 Å². The molecular formula is C22H17N3O4S3. The molecule has 1 aliphatic rings. The summed E-state index contributed by atoms with van der Waals surface area (Å²) in [6, 6.07) is 17.8. The third-order valence-corrected chi connectivity index (χ3v) is 9.16. The maximum atomic E-state index is 12.9. The van der Waals surface area contributed by atoms with E-state index in [4.69, 9.17) is 0 Å². The Balaban J connectivity index is 1.39. The summed E-state index contributed by atoms with van der Waals surface area (Å²) in [6.45, 7) is -0.00583. The first-order chi connectivity index (χ1) is 15.4. The van der Waals surface area contributed by atoms with E-state index in [0.29, 0.717) is 15.4 Å². The normalized spacial score (nSPS) is 14.8. The highest BCUT2D eigenvalue weighted by Crippen LogP contribution is 2.33. The Morgan fingerprint density at radius 3 is 2.50 bits per heavy atom. The smallest absolute Gasteiger partial charge is 0.269 e. The summed E-state index contributed by atoms with van der Waals surface area (Å²) in [6.07, 6.45) is 0. The minimum Gasteiger partial charge on any atom is -0.290 e. The zero-order chi connectivity index (χ0) is 22.5. The molecule has 7 nitrogen and oxygen atoms in total. The van der Waals surface area contributed by atoms with Crippen LogP contribution in [0.15, 0.2) is 75.5 Å². The number of carbonyl (C=O) groups excluding carboxylic acids is 1. The summed E-state index contributed by atoms with van der Waals surface area (Å²) in [5, 5.41) is 1.03. The van der Waals surface area contributed by atoms with Crippen LogP contribution in [0.4, 0.5) is 0 Å². The average molecular weight is 484 g/mol. The predicted molar refractivity (Wildman–Crippen MR) is 126 cm³/mol. The summed E-state index contributed by atoms with van der Waals surface area (Å²) < 4.78 is 27.7. The molecule has 162 valence electrons. The van der Waals surface area contributed by atoms with Gasteiger partial charge in [-0.3, -0.25) is 14.2 Å². The summed E-state index contributed by atoms with van der Waals surface area (Å²) in [5.74, 6) is -0.244. The average Bonchev–Trinajstić information content (AvgIpc) is 3.31. The first kappa shape index (κ1) is 20.9. The van der Waals surface area contributed by atoms with E-state index in [9.17, 15) is 18.0 Å². The number of thioether (sulfide) groups is 1. The van der Waals surface area contributed by atoms with Crippen LogP contribution in [0.25, 0.3) is 20.7 Å². The van der Waals surface area contributed by atoms with Gasteiger partial charge in [0.25, 0.3) is 21.5 Å². The molecule has 5 rings (SSSR count). The molecule has 4 aromatic rings. The lowest BCUT2D eigenvalue weighted by Crippen LogP contribution is -2.32. The fourth-order valence-corrected chi connectivity index (χ4v) is 7.25. The number of rotatable bonds is 5. The molecule has 3 heterocycles. The van der Waals surface area contributed by atoms with Gasteiger partial charge in [0.2, 0.25) is 0 Å². The van der Waals surface area contributed by atoms with Crippen molar-refractivity contribution in [3.05, 3.63) is 76.6 Å². The largest absolute Gasteiger partial charge is 0.290 e. The van der Waals surface area contributed by atoms with Gasteiger partial charge in [0.05, 0.1) is 10.9 Å². The number of fused-ring (bicyclic) bond motifs is 2. The van der Waals surface area contributed by atoms with Gasteiger partial charge in [0.1, 0.15) is 9.73 Å². The third-order valence-electron chi connectivity index (χ3n) is 5.23. The van der Waals surface area contributed by atoms with Crippen LogP contribution in [-0.2, 0) is 17.1 Å². The van der Waals surface area contributed by atoms with Crippen LogP contribution in [0.1, 0.15) is 10.4 Å². The maximum absolute atomic E-state index is 12.9. The van der Waals surface area contributed by atoms with Gasteiger partial charge in [-0.05, 0) is 23.8 Å². The van der Waals surface area contributed by atoms with E-state index >= 15 is 0 Å². The van der Waals surface area contributed by atoms with Crippen LogP contribution in [0.5, 0.6) is 0 Å². The molecule has 0 saturated heterocycles. The van der Waals surface area contributed by atoms with Crippen molar-refractivity contribution < 1.29 is 13.2 Å². The van der Waals surface area contributed by atoms with Crippen molar-refractivity contribution in [2.24, 2.45) is 7.05 Å². The van der Waals surface area contributed by atoms with Gasteiger partial charge in [0, 0.05) is 24.2 Å². The number of carbonyl (C=O) groups is 1. The van der Waals surface area contributed by atoms with Gasteiger partial charge in [-0.1, -0.05) is 54.2 Å². The molecule has 0 N–H and O–H groups in total. The van der Waals surface area contributed by atoms with Crippen molar-refractivity contribution in [1.29, 1.82) is 0 Å². The maximum Gasteiger partial charge on any atom is 0.269 e. The number of hydrogen-bond acceptors (Lipinski definition) is 7. The Labute approximate surface area is 192 Å². The van der Waals surface area contributed by atoms with Crippen molar-refractivity contribution in [3.8, 4) is 10.4 Å². The molecule has 0 atom stereocenters. The number of nitrogens with zero attached hydrogens (tertiary/aromatic N) is 3. The number of amides is 1. The molecule has 1 aliphatic heterocycles. The lowest BCUT2D eigenvalue weighted by Gasteiger charge is -2.15. The molecule has 2 aromatic carbocycles. The lowest BCUT2D eigenvalue weighted by molar-refractivity contribution is 0.0876. The standard InChI is InChI=1S/C22H17N3O4S3/c1-24-20(26)16-13-17(14-7-3-2-4-8-14)31-19(16)23-22(24)30-12-11-25-21(27)15-9-5-6-10-18(15)32(25,28)29/h2-10,13H,11-12H2,1H3. The molecular weight excluding hydrogens is 466 g/mol. The number of sulfonamides is 1. The van der Waals surface area contributed by atoms with E-state index in [1.165, 1.54) is 39.8 Å². The minimum atomic E-state index is -3.85. The van der Waals surface area contributed by atoms with Gasteiger partial charge in [-0.15, -0.1) is 11.3 Å². The first-order valence-electron chi connectivity index (χ1n) is 9.73. The molecule has 32 heavy (non-hydrogen) atoms. The molecule has 2 aromatic heterocycles. The fraction of sp³-hybridized carbons (Fsp3) is 0.136. The Bertz CT molecular complexity index is 1530. The number of aromatic nitrogens is 2. The van der Waals surface area contributed by atoms with Gasteiger partial charge in [-0.2, -0.15) is 0 Å². The Morgan fingerprint density at radius 2 is 1.75 bits per heavy atom. The Kier molecular flexibility index (Phi) is 5.15. The van der Waals surface area contributed by atoms with Crippen LogP contribution >= 0.6 is 23.1 Å². The van der Waals surface area contributed by atoms with E-state index < -0.39 is 15.9 Å². The van der Waals surface area contributed by atoms with Crippen molar-refractivity contribution in [3.63, 3.8) is 0 Å². The van der Waals surface area contributed by atoms with Crippen LogP contribution in [0.2, 0.25) is 0 Å². The number of benzene rings is 2. The van der Waals surface area contributed by atoms with Crippen LogP contribution < -0.4 is 5.56 Å². The Hall–Kier alpha value is -2.95. The summed E-state index contributed by atoms with van der Waals surface area (Å²) in [5.41, 5.74) is 1.05. The van der Waals surface area contributed by atoms with Crippen molar-refractivity contribution in [1.82, 2.24) is 13.9 Å². The quantitative estimate of drug-likeness (QED) is 0.318. The first-order valence-corrected chi connectivity index (χ1v) is 13.0. The van der Waals surface area contributed by atoms with Gasteiger partial charge >= 0.3 is 0 Å². The second-order valence-electron chi connectivity index (χ2n) is 7.18. The molecule has 0 bridgehead atoms. The number of hydrogen-bond donors (Lipinski definition) is 0. The van der Waals surface area contributed by atoms with Crippen molar-refractivity contribution >= 4 is 49.2 Å². The molecule has 1 amide bonds. The van der Waals surface area contributed by atoms with Crippen molar-refractivity contribution in [2.45, 2.75) is 10.1 Å². The van der Waals surface area contributed by atoms with Crippen LogP contribution in [0, 0.1) is 0 Å². The van der Waals surface area contributed by atoms with E-state index in [1.807, 2.05) is 36.4 Å². The van der Waals surface area contributed by atoms with Crippen LogP contribution in [0.3, 0.4) is 0 Å². The third kappa shape index (κ3) is 3.35. The zero-order valence-corrected chi connectivity index (χ0v) is 19.3. The monoisotopic (exact) mass is 483 g/mol. The molecule has 0 aliphatic carbocycles. The molecule has 0 radical (unpaired) electrons. The highest BCUT2D eigenvalue weighted by molar-refractivity contribution is 7.99. The molecule has 0 spiro atoms. The lowest BCUT2D eigenvalue weighted by atomic mass is 10.2. The van der Waals surface area contributed by atoms with E-state index in [0.717, 1.165) is 14.7 Å². The fourth-order valence-electron chi connectivity index (χ4n) is 3.59. The van der Waals surface area contributed by atoms with Crippen LogP contribution in [-0.4, -0.2) is 40.5 Å². The predicted octanol–water partition coefficient (Wildman–Crippen LogP) is 3.60. The zero-order valence-electron chi connectivity index (χ0n) is 16.9. The van der Waals surface area contributed by atoms with Gasteiger partial charge in [0.15, 0.2) is 5.16 Å². The van der Waals surface area contributed by atoms with Gasteiger partial charge < -0.3 is 0 Å². The Morgan fingerprint density at radius 1 is 1.03 bits per heavy atom. The van der Waals surface area contributed by atoms with E-state index in [-0.39, 0.29) is 28.3 Å². The summed E-state index contributed by atoms with van der Waals surface area (Å²) in [4.78, 5) is 31.7. The second kappa shape index (κ2) is 7.88. The van der Waals surface area contributed by atoms with E-state index in [2.05, 4.69) is 4.98 Å². The second-order valence-corrected chi connectivity index (χ2v) is 11.1. The topological polar surface area (TPSA) is 89.3 Å². The highest BCUT2D eigenvalue weighted by Gasteiger charge is 2.40. The highest BCUT2D eigenvalue weighted by atomic mass is 32.2. The molecule has 10 heteroatoms. The van der Waals surface area contributed by atoms with Crippen molar-refractivity contribution in [2.75, 3.05) is 12.3 Å². The molecule has 0 saturated carbocycles. The number of thiophene rings is 1.